The maximum Gasteiger partial charge on any atom is 0.220 e. The highest BCUT2D eigenvalue weighted by Gasteiger charge is 2.15. The van der Waals surface area contributed by atoms with E-state index in [0.29, 0.717) is 6.42 Å². The summed E-state index contributed by atoms with van der Waals surface area (Å²) in [6.45, 7) is 2.76. The van der Waals surface area contributed by atoms with Crippen LogP contribution in [0, 0.1) is 0 Å². The molecule has 0 aliphatic carbocycles. The Morgan fingerprint density at radius 2 is 2.26 bits per heavy atom. The van der Waals surface area contributed by atoms with Gasteiger partial charge in [0, 0.05) is 12.6 Å². The SMILES string of the molecule is CNCCCC(=O)NC(C)c1nnc2ccccn12. The summed E-state index contributed by atoms with van der Waals surface area (Å²) in [5.41, 5.74) is 0.786. The first-order valence-corrected chi connectivity index (χ1v) is 6.46. The van der Waals surface area contributed by atoms with Crippen molar-refractivity contribution in [3.63, 3.8) is 0 Å². The lowest BCUT2D eigenvalue weighted by Gasteiger charge is -2.12. The van der Waals surface area contributed by atoms with Crippen LogP contribution in [-0.4, -0.2) is 34.1 Å². The molecule has 0 bridgehead atoms. The van der Waals surface area contributed by atoms with Crippen molar-refractivity contribution in [3.8, 4) is 0 Å². The number of amides is 1. The Morgan fingerprint density at radius 1 is 1.42 bits per heavy atom. The van der Waals surface area contributed by atoms with E-state index in [4.69, 9.17) is 0 Å². The number of nitrogens with zero attached hydrogens (tertiary/aromatic N) is 3. The number of hydrogen-bond donors (Lipinski definition) is 2. The second-order valence-electron chi connectivity index (χ2n) is 4.48. The number of carbonyl (C=O) groups excluding carboxylic acids is 1. The summed E-state index contributed by atoms with van der Waals surface area (Å²) in [5.74, 6) is 0.785. The van der Waals surface area contributed by atoms with Crippen molar-refractivity contribution < 1.29 is 4.79 Å². The van der Waals surface area contributed by atoms with Crippen LogP contribution in [-0.2, 0) is 4.79 Å². The van der Waals surface area contributed by atoms with Crippen LogP contribution >= 0.6 is 0 Å². The van der Waals surface area contributed by atoms with Crippen molar-refractivity contribution in [1.29, 1.82) is 0 Å². The third-order valence-electron chi connectivity index (χ3n) is 2.94. The van der Waals surface area contributed by atoms with Crippen LogP contribution < -0.4 is 10.6 Å². The van der Waals surface area contributed by atoms with Gasteiger partial charge < -0.3 is 10.6 Å². The smallest absolute Gasteiger partial charge is 0.220 e. The molecule has 2 aromatic rings. The first-order chi connectivity index (χ1) is 9.22. The number of pyridine rings is 1. The molecule has 1 atom stereocenters. The van der Waals surface area contributed by atoms with Crippen molar-refractivity contribution in [2.45, 2.75) is 25.8 Å². The largest absolute Gasteiger partial charge is 0.346 e. The van der Waals surface area contributed by atoms with Gasteiger partial charge >= 0.3 is 0 Å². The van der Waals surface area contributed by atoms with E-state index >= 15 is 0 Å². The van der Waals surface area contributed by atoms with Crippen molar-refractivity contribution in [1.82, 2.24) is 25.2 Å². The molecule has 2 N–H and O–H groups in total. The molecule has 1 amide bonds. The lowest BCUT2D eigenvalue weighted by molar-refractivity contribution is -0.121. The number of nitrogens with one attached hydrogen (secondary N) is 2. The Labute approximate surface area is 112 Å². The zero-order valence-electron chi connectivity index (χ0n) is 11.3. The molecule has 0 aromatic carbocycles. The predicted molar refractivity (Wildman–Crippen MR) is 72.7 cm³/mol. The van der Waals surface area contributed by atoms with E-state index in [-0.39, 0.29) is 11.9 Å². The van der Waals surface area contributed by atoms with Gasteiger partial charge in [-0.05, 0) is 39.1 Å². The Kier molecular flexibility index (Phi) is 4.46. The Hall–Kier alpha value is -1.95. The van der Waals surface area contributed by atoms with Crippen LogP contribution in [0.2, 0.25) is 0 Å². The highest BCUT2D eigenvalue weighted by atomic mass is 16.1. The molecule has 2 aromatic heterocycles. The molecular formula is C13H19N5O. The average molecular weight is 261 g/mol. The fraction of sp³-hybridized carbons (Fsp3) is 0.462. The molecule has 2 rings (SSSR count). The fourth-order valence-electron chi connectivity index (χ4n) is 1.96. The molecule has 0 aliphatic rings. The number of fused-ring (bicyclic) bond motifs is 1. The second kappa shape index (κ2) is 6.29. The summed E-state index contributed by atoms with van der Waals surface area (Å²) in [4.78, 5) is 11.8. The first kappa shape index (κ1) is 13.5. The summed E-state index contributed by atoms with van der Waals surface area (Å²) in [6.07, 6.45) is 3.24. The van der Waals surface area contributed by atoms with Crippen LogP contribution in [0.5, 0.6) is 0 Å². The van der Waals surface area contributed by atoms with Gasteiger partial charge in [0.05, 0.1) is 6.04 Å². The molecule has 0 radical (unpaired) electrons. The summed E-state index contributed by atoms with van der Waals surface area (Å²) in [7, 11) is 1.88. The zero-order chi connectivity index (χ0) is 13.7. The molecule has 0 aliphatic heterocycles. The third-order valence-corrected chi connectivity index (χ3v) is 2.94. The first-order valence-electron chi connectivity index (χ1n) is 6.46. The highest BCUT2D eigenvalue weighted by Crippen LogP contribution is 2.11. The fourth-order valence-corrected chi connectivity index (χ4v) is 1.96. The van der Waals surface area contributed by atoms with E-state index in [2.05, 4.69) is 20.8 Å². The number of aromatic nitrogens is 3. The molecule has 6 heteroatoms. The molecule has 0 fully saturated rings. The normalized spacial score (nSPS) is 12.5. The van der Waals surface area contributed by atoms with Gasteiger partial charge in [-0.1, -0.05) is 6.07 Å². The molecule has 0 saturated carbocycles. The molecular weight excluding hydrogens is 242 g/mol. The lowest BCUT2D eigenvalue weighted by Crippen LogP contribution is -2.28. The van der Waals surface area contributed by atoms with E-state index in [0.717, 1.165) is 24.4 Å². The Balaban J connectivity index is 1.99. The molecule has 1 unspecified atom stereocenters. The van der Waals surface area contributed by atoms with Crippen LogP contribution in [0.15, 0.2) is 24.4 Å². The number of rotatable bonds is 6. The minimum Gasteiger partial charge on any atom is -0.346 e. The van der Waals surface area contributed by atoms with Gasteiger partial charge in [-0.3, -0.25) is 9.20 Å². The van der Waals surface area contributed by atoms with Gasteiger partial charge in [0.1, 0.15) is 0 Å². The number of hydrogen-bond acceptors (Lipinski definition) is 4. The predicted octanol–water partition coefficient (Wildman–Crippen LogP) is 0.906. The molecule has 0 spiro atoms. The summed E-state index contributed by atoms with van der Waals surface area (Å²) < 4.78 is 1.89. The summed E-state index contributed by atoms with van der Waals surface area (Å²) >= 11 is 0. The summed E-state index contributed by atoms with van der Waals surface area (Å²) in [6, 6.07) is 5.56. The lowest BCUT2D eigenvalue weighted by atomic mass is 10.2. The van der Waals surface area contributed by atoms with E-state index in [1.54, 1.807) is 0 Å². The molecule has 0 saturated heterocycles. The molecule has 19 heavy (non-hydrogen) atoms. The van der Waals surface area contributed by atoms with Crippen LogP contribution in [0.25, 0.3) is 5.65 Å². The second-order valence-corrected chi connectivity index (χ2v) is 4.48. The van der Waals surface area contributed by atoms with Crippen molar-refractivity contribution in [3.05, 3.63) is 30.2 Å². The average Bonchev–Trinajstić information content (AvgIpc) is 2.83. The maximum atomic E-state index is 11.8. The topological polar surface area (TPSA) is 71.3 Å². The minimum absolute atomic E-state index is 0.0374. The minimum atomic E-state index is -0.153. The van der Waals surface area contributed by atoms with Crippen LogP contribution in [0.4, 0.5) is 0 Å². The Bertz CT molecular complexity index is 551. The van der Waals surface area contributed by atoms with Crippen molar-refractivity contribution >= 4 is 11.6 Å². The van der Waals surface area contributed by atoms with Gasteiger partial charge in [0.2, 0.25) is 5.91 Å². The zero-order valence-corrected chi connectivity index (χ0v) is 11.3. The highest BCUT2D eigenvalue weighted by molar-refractivity contribution is 5.76. The van der Waals surface area contributed by atoms with E-state index in [9.17, 15) is 4.79 Å². The van der Waals surface area contributed by atoms with E-state index < -0.39 is 0 Å². The van der Waals surface area contributed by atoms with Gasteiger partial charge in [-0.25, -0.2) is 0 Å². The molecule has 2 heterocycles. The van der Waals surface area contributed by atoms with Gasteiger partial charge in [-0.15, -0.1) is 10.2 Å². The van der Waals surface area contributed by atoms with Crippen molar-refractivity contribution in [2.24, 2.45) is 0 Å². The van der Waals surface area contributed by atoms with Gasteiger partial charge in [0.25, 0.3) is 0 Å². The van der Waals surface area contributed by atoms with Gasteiger partial charge in [-0.2, -0.15) is 0 Å². The van der Waals surface area contributed by atoms with Crippen LogP contribution in [0.1, 0.15) is 31.6 Å². The number of carbonyl (C=O) groups is 1. The summed E-state index contributed by atoms with van der Waals surface area (Å²) in [5, 5.41) is 14.2. The van der Waals surface area contributed by atoms with Crippen LogP contribution in [0.3, 0.4) is 0 Å². The standard InChI is InChI=1S/C13H19N5O/c1-10(15-12(19)7-5-8-14-2)13-17-16-11-6-3-4-9-18(11)13/h3-4,6,9-10,14H,5,7-8H2,1-2H3,(H,15,19). The van der Waals surface area contributed by atoms with Gasteiger partial charge in [0.15, 0.2) is 11.5 Å². The van der Waals surface area contributed by atoms with E-state index in [1.807, 2.05) is 42.8 Å². The van der Waals surface area contributed by atoms with Crippen molar-refractivity contribution in [2.75, 3.05) is 13.6 Å². The van der Waals surface area contributed by atoms with E-state index in [1.165, 1.54) is 0 Å². The third kappa shape index (κ3) is 3.29. The maximum absolute atomic E-state index is 11.8. The quantitative estimate of drug-likeness (QED) is 0.758. The molecule has 6 nitrogen and oxygen atoms in total. The monoisotopic (exact) mass is 261 g/mol. The Morgan fingerprint density at radius 3 is 3.05 bits per heavy atom. The molecule has 102 valence electrons.